The minimum absolute atomic E-state index is 0.349. The van der Waals surface area contributed by atoms with E-state index in [1.807, 2.05) is 24.0 Å². The van der Waals surface area contributed by atoms with Gasteiger partial charge in [0.2, 0.25) is 0 Å². The van der Waals surface area contributed by atoms with Gasteiger partial charge in [-0.2, -0.15) is 0 Å². The van der Waals surface area contributed by atoms with Crippen molar-refractivity contribution >= 4 is 11.3 Å². The molecule has 0 aliphatic carbocycles. The van der Waals surface area contributed by atoms with E-state index < -0.39 is 0 Å². The highest BCUT2D eigenvalue weighted by Crippen LogP contribution is 2.21. The van der Waals surface area contributed by atoms with Crippen LogP contribution in [-0.2, 0) is 6.42 Å². The molecule has 0 bridgehead atoms. The highest BCUT2D eigenvalue weighted by atomic mass is 32.1. The second-order valence-corrected chi connectivity index (χ2v) is 4.50. The van der Waals surface area contributed by atoms with Crippen LogP contribution in [0.2, 0.25) is 0 Å². The first kappa shape index (κ1) is 11.2. The lowest BCUT2D eigenvalue weighted by Crippen LogP contribution is -2.22. The zero-order valence-electron chi connectivity index (χ0n) is 9.26. The lowest BCUT2D eigenvalue weighted by Gasteiger charge is -2.15. The molecule has 84 valence electrons. The average molecular weight is 233 g/mol. The number of aromatic nitrogens is 2. The molecule has 0 spiro atoms. The van der Waals surface area contributed by atoms with Gasteiger partial charge in [0.05, 0.1) is 5.51 Å². The highest BCUT2D eigenvalue weighted by molar-refractivity contribution is 7.09. The first-order chi connectivity index (χ1) is 7.90. The molecule has 1 atom stereocenters. The third-order valence-corrected chi connectivity index (χ3v) is 3.30. The third-order valence-electron chi connectivity index (χ3n) is 2.41. The van der Waals surface area contributed by atoms with Crippen molar-refractivity contribution in [3.05, 3.63) is 46.7 Å². The van der Waals surface area contributed by atoms with Crippen LogP contribution in [0, 0.1) is 0 Å². The molecular formula is C12H15N3S. The predicted octanol–water partition coefficient (Wildman–Crippen LogP) is 2.43. The van der Waals surface area contributed by atoms with Crippen molar-refractivity contribution in [2.24, 2.45) is 0 Å². The largest absolute Gasteiger partial charge is 0.309 e. The van der Waals surface area contributed by atoms with Crippen LogP contribution in [0.3, 0.4) is 0 Å². The van der Waals surface area contributed by atoms with Gasteiger partial charge in [0.25, 0.3) is 0 Å². The number of nitrogens with one attached hydrogen (secondary N) is 1. The molecule has 0 radical (unpaired) electrons. The van der Waals surface area contributed by atoms with E-state index in [-0.39, 0.29) is 0 Å². The first-order valence-electron chi connectivity index (χ1n) is 5.41. The van der Waals surface area contributed by atoms with E-state index in [0.29, 0.717) is 6.04 Å². The Morgan fingerprint density at radius 3 is 2.94 bits per heavy atom. The minimum Gasteiger partial charge on any atom is -0.309 e. The van der Waals surface area contributed by atoms with E-state index in [2.05, 4.69) is 28.3 Å². The molecule has 0 aromatic carbocycles. The summed E-state index contributed by atoms with van der Waals surface area (Å²) in [5.74, 6) is 0. The molecule has 1 N–H and O–H groups in total. The van der Waals surface area contributed by atoms with Crippen molar-refractivity contribution in [2.45, 2.75) is 19.4 Å². The fourth-order valence-corrected chi connectivity index (χ4v) is 2.37. The molecule has 0 aliphatic heterocycles. The van der Waals surface area contributed by atoms with Gasteiger partial charge in [-0.25, -0.2) is 0 Å². The van der Waals surface area contributed by atoms with E-state index in [9.17, 15) is 0 Å². The summed E-state index contributed by atoms with van der Waals surface area (Å²) in [5.41, 5.74) is 3.13. The molecule has 0 amide bonds. The standard InChI is InChI=1S/C12H15N3S/c1-2-15-11(12-8-14-9-16-12)6-10-4-3-5-13-7-10/h3-5,7-9,11,15H,2,6H2,1H3. The second-order valence-electron chi connectivity index (χ2n) is 3.58. The summed E-state index contributed by atoms with van der Waals surface area (Å²) >= 11 is 1.70. The van der Waals surface area contributed by atoms with E-state index in [1.165, 1.54) is 10.4 Å². The maximum absolute atomic E-state index is 4.14. The lowest BCUT2D eigenvalue weighted by molar-refractivity contribution is 0.556. The van der Waals surface area contributed by atoms with Crippen LogP contribution in [0.4, 0.5) is 0 Å². The van der Waals surface area contributed by atoms with Crippen molar-refractivity contribution in [1.82, 2.24) is 15.3 Å². The van der Waals surface area contributed by atoms with Crippen LogP contribution < -0.4 is 5.32 Å². The number of thiazole rings is 1. The topological polar surface area (TPSA) is 37.8 Å². The number of nitrogens with zero attached hydrogens (tertiary/aromatic N) is 2. The van der Waals surface area contributed by atoms with Crippen LogP contribution >= 0.6 is 11.3 Å². The van der Waals surface area contributed by atoms with Gasteiger partial charge in [-0.05, 0) is 24.6 Å². The SMILES string of the molecule is CCNC(Cc1cccnc1)c1cncs1. The van der Waals surface area contributed by atoms with Gasteiger partial charge in [0, 0.05) is 29.5 Å². The van der Waals surface area contributed by atoms with Crippen LogP contribution in [0.15, 0.2) is 36.2 Å². The number of rotatable bonds is 5. The van der Waals surface area contributed by atoms with Crippen molar-refractivity contribution < 1.29 is 0 Å². The zero-order valence-corrected chi connectivity index (χ0v) is 10.1. The molecule has 0 aliphatic rings. The van der Waals surface area contributed by atoms with Gasteiger partial charge >= 0.3 is 0 Å². The lowest BCUT2D eigenvalue weighted by atomic mass is 10.1. The molecule has 0 saturated heterocycles. The molecule has 2 aromatic rings. The van der Waals surface area contributed by atoms with Gasteiger partial charge in [-0.3, -0.25) is 9.97 Å². The Kier molecular flexibility index (Phi) is 4.02. The second kappa shape index (κ2) is 5.72. The average Bonchev–Trinajstić information content (AvgIpc) is 2.83. The summed E-state index contributed by atoms with van der Waals surface area (Å²) in [6.45, 7) is 3.08. The smallest absolute Gasteiger partial charge is 0.0794 e. The molecule has 0 fully saturated rings. The van der Waals surface area contributed by atoms with Crippen molar-refractivity contribution in [3.63, 3.8) is 0 Å². The Labute approximate surface area is 99.6 Å². The van der Waals surface area contributed by atoms with Gasteiger partial charge in [-0.1, -0.05) is 13.0 Å². The quantitative estimate of drug-likeness (QED) is 0.862. The molecule has 3 nitrogen and oxygen atoms in total. The zero-order chi connectivity index (χ0) is 11.2. The molecule has 0 saturated carbocycles. The maximum atomic E-state index is 4.14. The maximum Gasteiger partial charge on any atom is 0.0794 e. The van der Waals surface area contributed by atoms with E-state index in [1.54, 1.807) is 17.5 Å². The highest BCUT2D eigenvalue weighted by Gasteiger charge is 2.12. The van der Waals surface area contributed by atoms with E-state index in [0.717, 1.165) is 13.0 Å². The Balaban J connectivity index is 2.09. The summed E-state index contributed by atoms with van der Waals surface area (Å²) < 4.78 is 0. The Bertz CT molecular complexity index is 399. The van der Waals surface area contributed by atoms with Gasteiger partial charge in [0.15, 0.2) is 0 Å². The molecular weight excluding hydrogens is 218 g/mol. The van der Waals surface area contributed by atoms with Gasteiger partial charge in [-0.15, -0.1) is 11.3 Å². The first-order valence-corrected chi connectivity index (χ1v) is 6.28. The van der Waals surface area contributed by atoms with Crippen LogP contribution in [0.1, 0.15) is 23.4 Å². The molecule has 16 heavy (non-hydrogen) atoms. The van der Waals surface area contributed by atoms with Gasteiger partial charge < -0.3 is 5.32 Å². The molecule has 1 unspecified atom stereocenters. The Morgan fingerprint density at radius 1 is 1.38 bits per heavy atom. The summed E-state index contributed by atoms with van der Waals surface area (Å²) in [6, 6.07) is 4.44. The normalized spacial score (nSPS) is 12.6. The predicted molar refractivity (Wildman–Crippen MR) is 66.5 cm³/mol. The van der Waals surface area contributed by atoms with Crippen LogP contribution in [0.25, 0.3) is 0 Å². The van der Waals surface area contributed by atoms with Crippen LogP contribution in [-0.4, -0.2) is 16.5 Å². The van der Waals surface area contributed by atoms with Crippen molar-refractivity contribution in [3.8, 4) is 0 Å². The Hall–Kier alpha value is -1.26. The summed E-state index contributed by atoms with van der Waals surface area (Å²) in [7, 11) is 0. The number of hydrogen-bond acceptors (Lipinski definition) is 4. The molecule has 4 heteroatoms. The van der Waals surface area contributed by atoms with E-state index >= 15 is 0 Å². The molecule has 2 heterocycles. The van der Waals surface area contributed by atoms with Crippen molar-refractivity contribution in [2.75, 3.05) is 6.54 Å². The minimum atomic E-state index is 0.349. The fraction of sp³-hybridized carbons (Fsp3) is 0.333. The van der Waals surface area contributed by atoms with Crippen molar-refractivity contribution in [1.29, 1.82) is 0 Å². The van der Waals surface area contributed by atoms with E-state index in [4.69, 9.17) is 0 Å². The summed E-state index contributed by atoms with van der Waals surface area (Å²) in [6.07, 6.45) is 6.63. The molecule has 2 aromatic heterocycles. The van der Waals surface area contributed by atoms with Gasteiger partial charge in [0.1, 0.15) is 0 Å². The molecule has 2 rings (SSSR count). The number of pyridine rings is 1. The fourth-order valence-electron chi connectivity index (χ4n) is 1.67. The Morgan fingerprint density at radius 2 is 2.31 bits per heavy atom. The summed E-state index contributed by atoms with van der Waals surface area (Å²) in [4.78, 5) is 9.55. The number of hydrogen-bond donors (Lipinski definition) is 1. The monoisotopic (exact) mass is 233 g/mol. The number of likely N-dealkylation sites (N-methyl/N-ethyl adjacent to an activating group) is 1. The third kappa shape index (κ3) is 2.87. The van der Waals surface area contributed by atoms with Crippen LogP contribution in [0.5, 0.6) is 0 Å². The summed E-state index contributed by atoms with van der Waals surface area (Å²) in [5, 5.41) is 3.48.